The Morgan fingerprint density at radius 1 is 1.36 bits per heavy atom. The third-order valence-corrected chi connectivity index (χ3v) is 7.47. The fourth-order valence-corrected chi connectivity index (χ4v) is 4.90. The number of ether oxygens (including phenoxy) is 1. The van der Waals surface area contributed by atoms with Crippen molar-refractivity contribution in [3.63, 3.8) is 0 Å². The lowest BCUT2D eigenvalue weighted by atomic mass is 10.0. The summed E-state index contributed by atoms with van der Waals surface area (Å²) in [6.07, 6.45) is 7.75. The van der Waals surface area contributed by atoms with Gasteiger partial charge in [0.2, 0.25) is 12.3 Å². The molecule has 1 aromatic heterocycles. The number of likely N-dealkylation sites (N-methyl/N-ethyl adjacent to an activating group) is 1. The topological polar surface area (TPSA) is 157 Å². The zero-order chi connectivity index (χ0) is 24.0. The second-order valence-electron chi connectivity index (χ2n) is 8.31. The summed E-state index contributed by atoms with van der Waals surface area (Å²) in [7, 11) is -1.63. The lowest BCUT2D eigenvalue weighted by Crippen LogP contribution is -2.41. The minimum Gasteiger partial charge on any atom is -0.475 e. The molecular formula is C22H35N7O3S. The lowest BCUT2D eigenvalue weighted by molar-refractivity contribution is -0.105. The molecule has 1 aromatic rings. The Kier molecular flexibility index (Phi) is 8.44. The van der Waals surface area contributed by atoms with Crippen molar-refractivity contribution in [2.75, 3.05) is 32.1 Å². The number of anilines is 1. The maximum absolute atomic E-state index is 11.9. The zero-order valence-electron chi connectivity index (χ0n) is 19.6. The van der Waals surface area contributed by atoms with Crippen LogP contribution in [-0.2, 0) is 32.3 Å². The van der Waals surface area contributed by atoms with Gasteiger partial charge in [-0.2, -0.15) is 0 Å². The Bertz CT molecular complexity index is 1060. The van der Waals surface area contributed by atoms with Gasteiger partial charge in [-0.1, -0.05) is 6.92 Å². The van der Waals surface area contributed by atoms with Crippen LogP contribution in [0.2, 0.25) is 0 Å². The van der Waals surface area contributed by atoms with Gasteiger partial charge in [0, 0.05) is 30.6 Å². The third kappa shape index (κ3) is 5.90. The van der Waals surface area contributed by atoms with E-state index in [1.807, 2.05) is 6.92 Å². The minimum atomic E-state index is -3.00. The predicted molar refractivity (Wildman–Crippen MR) is 131 cm³/mol. The molecule has 0 radical (unpaired) electrons. The van der Waals surface area contributed by atoms with Gasteiger partial charge in [-0.15, -0.1) is 0 Å². The summed E-state index contributed by atoms with van der Waals surface area (Å²) in [5.41, 5.74) is 11.4. The van der Waals surface area contributed by atoms with Gasteiger partial charge in [-0.05, 0) is 56.7 Å². The number of hydrogen-bond acceptors (Lipinski definition) is 8. The third-order valence-electron chi connectivity index (χ3n) is 5.99. The summed E-state index contributed by atoms with van der Waals surface area (Å²) in [5, 5.41) is 11.6. The number of amides is 1. The van der Waals surface area contributed by atoms with Gasteiger partial charge in [-0.3, -0.25) is 9.78 Å². The number of nitrogens with two attached hydrogens (primary N) is 2. The Labute approximate surface area is 196 Å². The number of aryl methyl sites for hydroxylation is 1. The molecule has 2 heterocycles. The summed E-state index contributed by atoms with van der Waals surface area (Å²) in [6.45, 7) is 5.93. The van der Waals surface area contributed by atoms with Gasteiger partial charge in [0.05, 0.1) is 18.3 Å². The van der Waals surface area contributed by atoms with Gasteiger partial charge in [0.25, 0.3) is 0 Å². The number of aromatic nitrogens is 1. The molecule has 0 aromatic carbocycles. The van der Waals surface area contributed by atoms with Crippen LogP contribution in [0, 0.1) is 6.92 Å². The molecule has 6 N–H and O–H groups in total. The molecule has 1 aliphatic heterocycles. The van der Waals surface area contributed by atoms with Crippen LogP contribution in [0.3, 0.4) is 0 Å². The van der Waals surface area contributed by atoms with E-state index in [1.54, 1.807) is 0 Å². The fraction of sp³-hybridized carbons (Fsp3) is 0.591. The van der Waals surface area contributed by atoms with Crippen molar-refractivity contribution >= 4 is 27.9 Å². The number of pyridine rings is 1. The van der Waals surface area contributed by atoms with E-state index >= 15 is 0 Å². The van der Waals surface area contributed by atoms with Crippen LogP contribution in [0.15, 0.2) is 20.5 Å². The van der Waals surface area contributed by atoms with E-state index in [4.69, 9.17) is 20.6 Å². The minimum absolute atomic E-state index is 0.148. The molecular weight excluding hydrogens is 442 g/mol. The van der Waals surface area contributed by atoms with Crippen LogP contribution >= 0.6 is 0 Å². The molecule has 0 spiro atoms. The molecule has 1 fully saturated rings. The molecule has 0 saturated heterocycles. The molecule has 0 bridgehead atoms. The Balaban J connectivity index is 0.000000186. The van der Waals surface area contributed by atoms with Gasteiger partial charge >= 0.3 is 0 Å². The van der Waals surface area contributed by atoms with E-state index in [9.17, 15) is 9.00 Å². The van der Waals surface area contributed by atoms with E-state index in [-0.39, 0.29) is 16.8 Å². The monoisotopic (exact) mass is 477 g/mol. The standard InChI is InChI=1S/C13H16N2O.C9H19N5O2S/c1-8-12(9-5-6-9)15-11-4-2-3-10(11)13(8)14-7-16;1-3-13-7-5-14-9(16-6-7)8(4-10)17(11,15)12-2/h7,9H,2-6H2,1H3,(H,14,15,16);4,7,13H,3,5-6,10H2,1-2H3,(H2,11,12,15)/b;8-4+. The van der Waals surface area contributed by atoms with Crippen molar-refractivity contribution < 1.29 is 13.7 Å². The van der Waals surface area contributed by atoms with Gasteiger partial charge in [0.1, 0.15) is 21.4 Å². The van der Waals surface area contributed by atoms with Crippen molar-refractivity contribution in [3.05, 3.63) is 33.6 Å². The van der Waals surface area contributed by atoms with Gasteiger partial charge in [-0.25, -0.2) is 18.7 Å². The fourth-order valence-electron chi connectivity index (χ4n) is 4.14. The van der Waals surface area contributed by atoms with Crippen LogP contribution in [-0.4, -0.2) is 54.3 Å². The largest absolute Gasteiger partial charge is 0.475 e. The number of aliphatic imine (C=N–C) groups is 1. The quantitative estimate of drug-likeness (QED) is 0.436. The maximum Gasteiger partial charge on any atom is 0.229 e. The van der Waals surface area contributed by atoms with Crippen LogP contribution in [0.25, 0.3) is 0 Å². The lowest BCUT2D eigenvalue weighted by Gasteiger charge is -2.23. The Morgan fingerprint density at radius 2 is 2.12 bits per heavy atom. The summed E-state index contributed by atoms with van der Waals surface area (Å²) < 4.78 is 20.9. The van der Waals surface area contributed by atoms with Crippen LogP contribution < -0.4 is 21.5 Å². The van der Waals surface area contributed by atoms with Crippen molar-refractivity contribution in [1.82, 2.24) is 10.3 Å². The summed E-state index contributed by atoms with van der Waals surface area (Å²) in [6, 6.07) is 0.162. The zero-order valence-corrected chi connectivity index (χ0v) is 20.4. The molecule has 33 heavy (non-hydrogen) atoms. The molecule has 10 nitrogen and oxygen atoms in total. The first-order chi connectivity index (χ1) is 15.9. The SMILES string of the molecule is CCNC1CN=C(/C(=C\N)S(N)(=O)=NC)OC1.Cc1c(C2CC2)nc2c(c1NC=O)CCC2. The molecule has 2 aliphatic carbocycles. The van der Waals surface area contributed by atoms with E-state index in [0.717, 1.165) is 37.7 Å². The average Bonchev–Trinajstić information content (AvgIpc) is 3.55. The highest BCUT2D eigenvalue weighted by Gasteiger charge is 2.30. The number of hydrogen-bond donors (Lipinski definition) is 4. The number of carbonyl (C=O) groups is 1. The van der Waals surface area contributed by atoms with E-state index in [0.29, 0.717) is 19.1 Å². The Morgan fingerprint density at radius 3 is 2.67 bits per heavy atom. The van der Waals surface area contributed by atoms with Crippen molar-refractivity contribution in [2.45, 2.75) is 57.9 Å². The highest BCUT2D eigenvalue weighted by Crippen LogP contribution is 2.44. The average molecular weight is 478 g/mol. The summed E-state index contributed by atoms with van der Waals surface area (Å²) >= 11 is 0. The molecule has 2 atom stereocenters. The molecule has 4 rings (SSSR count). The van der Waals surface area contributed by atoms with E-state index in [2.05, 4.69) is 26.9 Å². The predicted octanol–water partition coefficient (Wildman–Crippen LogP) is 1.49. The van der Waals surface area contributed by atoms with Crippen molar-refractivity contribution in [2.24, 2.45) is 20.2 Å². The molecule has 182 valence electrons. The van der Waals surface area contributed by atoms with Crippen molar-refractivity contribution in [3.8, 4) is 0 Å². The number of carbonyl (C=O) groups excluding carboxylic acids is 1. The highest BCUT2D eigenvalue weighted by molar-refractivity contribution is 7.96. The van der Waals surface area contributed by atoms with Crippen LogP contribution in [0.5, 0.6) is 0 Å². The van der Waals surface area contributed by atoms with Gasteiger partial charge < -0.3 is 21.1 Å². The summed E-state index contributed by atoms with van der Waals surface area (Å²) in [5.74, 6) is 0.873. The molecule has 3 aliphatic rings. The molecule has 11 heteroatoms. The number of nitrogens with one attached hydrogen (secondary N) is 2. The van der Waals surface area contributed by atoms with Gasteiger partial charge in [0.15, 0.2) is 0 Å². The first kappa shape index (κ1) is 25.1. The van der Waals surface area contributed by atoms with Crippen molar-refractivity contribution in [1.29, 1.82) is 0 Å². The molecule has 1 saturated carbocycles. The summed E-state index contributed by atoms with van der Waals surface area (Å²) in [4.78, 5) is 19.8. The van der Waals surface area contributed by atoms with E-state index < -0.39 is 9.92 Å². The van der Waals surface area contributed by atoms with E-state index in [1.165, 1.54) is 48.8 Å². The second kappa shape index (κ2) is 11.1. The first-order valence-corrected chi connectivity index (χ1v) is 12.9. The first-order valence-electron chi connectivity index (χ1n) is 11.3. The van der Waals surface area contributed by atoms with Crippen LogP contribution in [0.4, 0.5) is 5.69 Å². The number of fused-ring (bicyclic) bond motifs is 1. The molecule has 1 amide bonds. The Hall–Kier alpha value is -2.50. The van der Waals surface area contributed by atoms with Crippen LogP contribution in [0.1, 0.15) is 54.6 Å². The number of rotatable bonds is 7. The maximum atomic E-state index is 11.9. The number of nitrogens with zero attached hydrogens (tertiary/aromatic N) is 3. The highest BCUT2D eigenvalue weighted by atomic mass is 32.2. The normalized spacial score (nSPS) is 21.5. The second-order valence-corrected chi connectivity index (χ2v) is 10.2. The molecule has 2 unspecified atom stereocenters. The smallest absolute Gasteiger partial charge is 0.229 e.